The topological polar surface area (TPSA) is 38.3 Å². The fourth-order valence-corrected chi connectivity index (χ4v) is 2.76. The van der Waals surface area contributed by atoms with Gasteiger partial charge >= 0.3 is 0 Å². The number of methoxy groups -OCH3 is 1. The molecule has 0 aliphatic heterocycles. The Morgan fingerprint density at radius 3 is 2.68 bits per heavy atom. The molecule has 0 spiro atoms. The van der Waals surface area contributed by atoms with Gasteiger partial charge in [-0.3, -0.25) is 4.79 Å². The molecule has 4 heteroatoms. The fourth-order valence-electron chi connectivity index (χ4n) is 2.11. The van der Waals surface area contributed by atoms with Crippen molar-refractivity contribution in [3.63, 3.8) is 0 Å². The zero-order valence-corrected chi connectivity index (χ0v) is 12.7. The standard InChI is InChI=1S/C15H16BrNO2/c1-9(17-10(2)18)11-4-6-13-12(8-11)5-7-14(19-3)15(13)16/h4-9H,1-3H3,(H,17,18)/t9-/m0/s1. The van der Waals surface area contributed by atoms with Crippen LogP contribution in [-0.2, 0) is 4.79 Å². The number of nitrogens with one attached hydrogen (secondary N) is 1. The minimum atomic E-state index is -0.0245. The fraction of sp³-hybridized carbons (Fsp3) is 0.267. The van der Waals surface area contributed by atoms with Gasteiger partial charge in [-0.25, -0.2) is 0 Å². The van der Waals surface area contributed by atoms with Crippen LogP contribution in [0.5, 0.6) is 5.75 Å². The van der Waals surface area contributed by atoms with Gasteiger partial charge in [0.25, 0.3) is 0 Å². The monoisotopic (exact) mass is 321 g/mol. The summed E-state index contributed by atoms with van der Waals surface area (Å²) < 4.78 is 6.23. The van der Waals surface area contributed by atoms with E-state index in [1.54, 1.807) is 7.11 Å². The summed E-state index contributed by atoms with van der Waals surface area (Å²) in [6.45, 7) is 3.50. The third kappa shape index (κ3) is 2.89. The van der Waals surface area contributed by atoms with E-state index in [-0.39, 0.29) is 11.9 Å². The third-order valence-corrected chi connectivity index (χ3v) is 3.90. The second-order valence-electron chi connectivity index (χ2n) is 4.48. The maximum atomic E-state index is 11.1. The lowest BCUT2D eigenvalue weighted by Gasteiger charge is -2.14. The first-order valence-corrected chi connectivity index (χ1v) is 6.85. The number of hydrogen-bond donors (Lipinski definition) is 1. The number of benzene rings is 2. The highest BCUT2D eigenvalue weighted by Crippen LogP contribution is 2.34. The molecule has 0 aromatic heterocycles. The van der Waals surface area contributed by atoms with Crippen LogP contribution in [0, 0.1) is 0 Å². The smallest absolute Gasteiger partial charge is 0.217 e. The summed E-state index contributed by atoms with van der Waals surface area (Å²) in [6, 6.07) is 10.1. The Bertz CT molecular complexity index is 625. The van der Waals surface area contributed by atoms with Gasteiger partial charge in [-0.15, -0.1) is 0 Å². The quantitative estimate of drug-likeness (QED) is 0.933. The molecule has 0 bridgehead atoms. The molecule has 0 saturated carbocycles. The van der Waals surface area contributed by atoms with Crippen LogP contribution >= 0.6 is 15.9 Å². The molecule has 0 aliphatic rings. The molecule has 1 atom stereocenters. The van der Waals surface area contributed by atoms with Gasteiger partial charge in [0, 0.05) is 6.92 Å². The van der Waals surface area contributed by atoms with Crippen molar-refractivity contribution in [1.29, 1.82) is 0 Å². The average molecular weight is 322 g/mol. The number of rotatable bonds is 3. The van der Waals surface area contributed by atoms with E-state index in [0.717, 1.165) is 26.6 Å². The molecule has 0 radical (unpaired) electrons. The maximum Gasteiger partial charge on any atom is 0.217 e. The van der Waals surface area contributed by atoms with E-state index in [0.29, 0.717) is 0 Å². The minimum absolute atomic E-state index is 0.00257. The summed E-state index contributed by atoms with van der Waals surface area (Å²) in [5.41, 5.74) is 1.08. The lowest BCUT2D eigenvalue weighted by atomic mass is 10.0. The summed E-state index contributed by atoms with van der Waals surface area (Å²) in [5, 5.41) is 5.09. The van der Waals surface area contributed by atoms with Gasteiger partial charge in [-0.1, -0.05) is 18.2 Å². The van der Waals surface area contributed by atoms with Crippen LogP contribution in [0.2, 0.25) is 0 Å². The van der Waals surface area contributed by atoms with Gasteiger partial charge in [0.1, 0.15) is 5.75 Å². The summed E-state index contributed by atoms with van der Waals surface area (Å²) in [4.78, 5) is 11.1. The van der Waals surface area contributed by atoms with E-state index in [1.165, 1.54) is 6.92 Å². The van der Waals surface area contributed by atoms with Crippen LogP contribution in [0.15, 0.2) is 34.8 Å². The second-order valence-corrected chi connectivity index (χ2v) is 5.28. The molecule has 19 heavy (non-hydrogen) atoms. The van der Waals surface area contributed by atoms with E-state index in [4.69, 9.17) is 4.74 Å². The minimum Gasteiger partial charge on any atom is -0.496 e. The van der Waals surface area contributed by atoms with Gasteiger partial charge in [-0.2, -0.15) is 0 Å². The Labute approximate surface area is 121 Å². The summed E-state index contributed by atoms with van der Waals surface area (Å²) >= 11 is 3.55. The Morgan fingerprint density at radius 1 is 1.32 bits per heavy atom. The molecule has 0 fully saturated rings. The Balaban J connectivity index is 2.44. The first-order valence-electron chi connectivity index (χ1n) is 6.06. The van der Waals surface area contributed by atoms with Crippen molar-refractivity contribution in [2.24, 2.45) is 0 Å². The highest BCUT2D eigenvalue weighted by Gasteiger charge is 2.10. The van der Waals surface area contributed by atoms with E-state index in [1.807, 2.05) is 31.2 Å². The number of carbonyl (C=O) groups is 1. The Hall–Kier alpha value is -1.55. The summed E-state index contributed by atoms with van der Waals surface area (Å²) in [5.74, 6) is 0.790. The molecule has 0 unspecified atom stereocenters. The highest BCUT2D eigenvalue weighted by atomic mass is 79.9. The average Bonchev–Trinajstić information content (AvgIpc) is 2.38. The molecule has 2 aromatic carbocycles. The number of ether oxygens (including phenoxy) is 1. The molecular weight excluding hydrogens is 306 g/mol. The van der Waals surface area contributed by atoms with Crippen LogP contribution in [-0.4, -0.2) is 13.0 Å². The SMILES string of the molecule is COc1ccc2cc([C@H](C)NC(C)=O)ccc2c1Br. The van der Waals surface area contributed by atoms with Gasteiger partial charge in [0.2, 0.25) is 5.91 Å². The van der Waals surface area contributed by atoms with E-state index >= 15 is 0 Å². The van der Waals surface area contributed by atoms with Crippen LogP contribution in [0.25, 0.3) is 10.8 Å². The van der Waals surface area contributed by atoms with Crippen molar-refractivity contribution >= 4 is 32.6 Å². The van der Waals surface area contributed by atoms with Crippen molar-refractivity contribution in [2.75, 3.05) is 7.11 Å². The van der Waals surface area contributed by atoms with Crippen LogP contribution in [0.4, 0.5) is 0 Å². The normalized spacial score (nSPS) is 12.2. The molecule has 0 heterocycles. The number of fused-ring (bicyclic) bond motifs is 1. The van der Waals surface area contributed by atoms with Crippen molar-refractivity contribution in [3.05, 3.63) is 40.4 Å². The zero-order chi connectivity index (χ0) is 14.0. The van der Waals surface area contributed by atoms with E-state index < -0.39 is 0 Å². The first kappa shape index (κ1) is 13.9. The van der Waals surface area contributed by atoms with Crippen LogP contribution in [0.1, 0.15) is 25.5 Å². The highest BCUT2D eigenvalue weighted by molar-refractivity contribution is 9.10. The molecule has 2 rings (SSSR count). The maximum absolute atomic E-state index is 11.1. The van der Waals surface area contributed by atoms with Gasteiger partial charge in [0.15, 0.2) is 0 Å². The van der Waals surface area contributed by atoms with E-state index in [2.05, 4.69) is 27.3 Å². The predicted molar refractivity (Wildman–Crippen MR) is 80.4 cm³/mol. The molecule has 1 amide bonds. The number of hydrogen-bond acceptors (Lipinski definition) is 2. The van der Waals surface area contributed by atoms with Crippen molar-refractivity contribution in [1.82, 2.24) is 5.32 Å². The zero-order valence-electron chi connectivity index (χ0n) is 11.2. The van der Waals surface area contributed by atoms with Gasteiger partial charge in [0.05, 0.1) is 17.6 Å². The lowest BCUT2D eigenvalue weighted by molar-refractivity contribution is -0.119. The molecule has 2 aromatic rings. The van der Waals surface area contributed by atoms with Crippen LogP contribution in [0.3, 0.4) is 0 Å². The summed E-state index contributed by atoms with van der Waals surface area (Å²) in [6.07, 6.45) is 0. The number of amides is 1. The van der Waals surface area contributed by atoms with E-state index in [9.17, 15) is 4.79 Å². The number of carbonyl (C=O) groups excluding carboxylic acids is 1. The summed E-state index contributed by atoms with van der Waals surface area (Å²) in [7, 11) is 1.65. The number of halogens is 1. The van der Waals surface area contributed by atoms with Crippen molar-refractivity contribution < 1.29 is 9.53 Å². The Morgan fingerprint density at radius 2 is 2.05 bits per heavy atom. The van der Waals surface area contributed by atoms with Gasteiger partial charge < -0.3 is 10.1 Å². The molecule has 3 nitrogen and oxygen atoms in total. The van der Waals surface area contributed by atoms with Gasteiger partial charge in [-0.05, 0) is 51.3 Å². The lowest BCUT2D eigenvalue weighted by Crippen LogP contribution is -2.23. The first-order chi connectivity index (χ1) is 9.02. The molecule has 100 valence electrons. The predicted octanol–water partition coefficient (Wildman–Crippen LogP) is 3.81. The Kier molecular flexibility index (Phi) is 4.10. The molecule has 1 N–H and O–H groups in total. The molecular formula is C15H16BrNO2. The molecule has 0 saturated heterocycles. The van der Waals surface area contributed by atoms with Crippen molar-refractivity contribution in [3.8, 4) is 5.75 Å². The second kappa shape index (κ2) is 5.61. The van der Waals surface area contributed by atoms with Crippen molar-refractivity contribution in [2.45, 2.75) is 19.9 Å². The molecule has 0 aliphatic carbocycles. The third-order valence-electron chi connectivity index (χ3n) is 3.08. The largest absolute Gasteiger partial charge is 0.496 e. The van der Waals surface area contributed by atoms with Crippen LogP contribution < -0.4 is 10.1 Å².